The molecule has 0 unspecified atom stereocenters. The van der Waals surface area contributed by atoms with Crippen molar-refractivity contribution in [2.24, 2.45) is 0 Å². The van der Waals surface area contributed by atoms with Crippen LogP contribution in [0.15, 0.2) is 255 Å². The van der Waals surface area contributed by atoms with Gasteiger partial charge in [-0.2, -0.15) is 21.0 Å². The smallest absolute Gasteiger partial charge is 0.165 e. The number of hydrogen-bond donors (Lipinski definition) is 0. The molecule has 0 aliphatic heterocycles. The van der Waals surface area contributed by atoms with E-state index < -0.39 is 0 Å². The zero-order chi connectivity index (χ0) is 60.1. The lowest BCUT2D eigenvalue weighted by molar-refractivity contribution is 0.959. The van der Waals surface area contributed by atoms with Crippen LogP contribution >= 0.6 is 0 Å². The molecule has 10 aromatic carbocycles. The lowest BCUT2D eigenvalue weighted by atomic mass is 9.94. The quantitative estimate of drug-likeness (QED) is 0.145. The number of hydrogen-bond acceptors (Lipinski definition) is 8. The topological polar surface area (TPSA) is 166 Å². The normalized spacial score (nSPS) is 11.5. The fourth-order valence-electron chi connectivity index (χ4n) is 13.5. The van der Waals surface area contributed by atoms with Crippen LogP contribution in [0.25, 0.3) is 155 Å². The molecule has 0 amide bonds. The van der Waals surface area contributed by atoms with E-state index in [-0.39, 0.29) is 5.69 Å². The highest BCUT2D eigenvalue weighted by Gasteiger charge is 2.34. The summed E-state index contributed by atoms with van der Waals surface area (Å²) >= 11 is 0. The summed E-state index contributed by atoms with van der Waals surface area (Å²) in [7, 11) is 0. The summed E-state index contributed by atoms with van der Waals surface area (Å²) in [5.41, 5.74) is 15.0. The molecule has 12 nitrogen and oxygen atoms in total. The first-order chi connectivity index (χ1) is 44.5. The van der Waals surface area contributed by atoms with Gasteiger partial charge in [0.15, 0.2) is 17.5 Å². The molecule has 7 aromatic heterocycles. The molecule has 0 saturated carbocycles. The molecular weight excluding hydrogens is 1100 g/mol. The van der Waals surface area contributed by atoms with Gasteiger partial charge >= 0.3 is 0 Å². The van der Waals surface area contributed by atoms with Crippen LogP contribution in [0.2, 0.25) is 0 Å². The lowest BCUT2D eigenvalue weighted by Gasteiger charge is -2.27. The van der Waals surface area contributed by atoms with Gasteiger partial charge in [-0.1, -0.05) is 158 Å². The first-order valence-electron chi connectivity index (χ1n) is 29.3. The van der Waals surface area contributed by atoms with Crippen molar-refractivity contribution in [3.8, 4) is 92.3 Å². The molecule has 0 aliphatic rings. The van der Waals surface area contributed by atoms with Gasteiger partial charge in [0, 0.05) is 65.3 Å². The fraction of sp³-hybridized carbons (Fsp3) is 0. The molecule has 0 radical (unpaired) electrons. The average Bonchev–Trinajstić information content (AvgIpc) is 1.42. The minimum atomic E-state index is 0.264. The third-order valence-electron chi connectivity index (χ3n) is 17.4. The second kappa shape index (κ2) is 20.2. The predicted octanol–water partition coefficient (Wildman–Crippen LogP) is 17.8. The van der Waals surface area contributed by atoms with Gasteiger partial charge in [0.1, 0.15) is 23.1 Å². The van der Waals surface area contributed by atoms with E-state index in [0.717, 1.165) is 110 Å². The summed E-state index contributed by atoms with van der Waals surface area (Å²) in [5.74, 6) is 1.49. The van der Waals surface area contributed by atoms with Crippen LogP contribution in [0.1, 0.15) is 22.4 Å². The maximum absolute atomic E-state index is 10.6. The Hall–Kier alpha value is -13.3. The van der Waals surface area contributed by atoms with Gasteiger partial charge in [0.05, 0.1) is 96.6 Å². The molecule has 12 heteroatoms. The summed E-state index contributed by atoms with van der Waals surface area (Å²) in [5, 5.41) is 49.3. The van der Waals surface area contributed by atoms with E-state index in [1.165, 1.54) is 0 Å². The summed E-state index contributed by atoms with van der Waals surface area (Å²) in [6, 6.07) is 92.6. The fourth-order valence-corrected chi connectivity index (χ4v) is 13.5. The van der Waals surface area contributed by atoms with Gasteiger partial charge in [0.2, 0.25) is 0 Å². The lowest BCUT2D eigenvalue weighted by Crippen LogP contribution is -2.16. The van der Waals surface area contributed by atoms with Crippen molar-refractivity contribution >= 4 is 87.2 Å². The number of fused-ring (bicyclic) bond motifs is 12. The van der Waals surface area contributed by atoms with Gasteiger partial charge < -0.3 is 9.13 Å². The Labute approximate surface area is 513 Å². The number of aromatic nitrogens is 8. The van der Waals surface area contributed by atoms with Crippen molar-refractivity contribution < 1.29 is 0 Å². The second-order valence-electron chi connectivity index (χ2n) is 22.2. The maximum Gasteiger partial charge on any atom is 0.165 e. The third-order valence-corrected chi connectivity index (χ3v) is 17.4. The standard InChI is InChI=1S/C78H42N12/c79-42-47-31-34-69-59(37-47)53-21-9-13-27-65(53)87(69)74-73(57-25-7-8-26-58(57)76-84-63(50-17-3-1-4-18-50)41-64(85-76)51-19-5-2-6-20-51)75(88-66-28-14-10-22-54(66)60-38-48(43-80)32-35-70(60)88)78(90-68-30-16-12-24-56(68)62-40-52(45-82)83-46-72(62)90)86-77(74)89-67-29-15-11-23-55(67)61-39-49(44-81)33-36-71(61)89/h1-41,46H. The predicted molar refractivity (Wildman–Crippen MR) is 356 cm³/mol. The zero-order valence-electron chi connectivity index (χ0n) is 47.6. The van der Waals surface area contributed by atoms with E-state index in [9.17, 15) is 21.0 Å². The highest BCUT2D eigenvalue weighted by Crippen LogP contribution is 2.51. The number of rotatable bonds is 8. The molecule has 17 rings (SSSR count). The summed E-state index contributed by atoms with van der Waals surface area (Å²) in [6.07, 6.45) is 1.77. The van der Waals surface area contributed by atoms with Gasteiger partial charge in [-0.25, -0.2) is 19.9 Å². The minimum absolute atomic E-state index is 0.264. The molecular formula is C78H42N12. The van der Waals surface area contributed by atoms with Crippen LogP contribution in [0.5, 0.6) is 0 Å². The summed E-state index contributed by atoms with van der Waals surface area (Å²) in [6.45, 7) is 0. The molecule has 0 spiro atoms. The van der Waals surface area contributed by atoms with Gasteiger partial charge in [-0.05, 0) is 96.6 Å². The third kappa shape index (κ3) is 7.70. The maximum atomic E-state index is 10.6. The molecule has 90 heavy (non-hydrogen) atoms. The summed E-state index contributed by atoms with van der Waals surface area (Å²) < 4.78 is 8.97. The number of nitriles is 4. The van der Waals surface area contributed by atoms with E-state index >= 15 is 0 Å². The first-order valence-corrected chi connectivity index (χ1v) is 29.3. The SMILES string of the molecule is N#Cc1ccc2c(c1)c1ccccc1n2-c1nc(-n2c3ccccc3c3cc(C#N)ncc32)c(-n2c3ccccc3c3cc(C#N)ccc32)c(-c2ccccc2-c2nc(-c3ccccc3)cc(-c3ccccc3)n2)c1-n1c2ccccc2c2cc(C#N)ccc21. The first kappa shape index (κ1) is 51.2. The van der Waals surface area contributed by atoms with E-state index in [1.807, 2.05) is 158 Å². The van der Waals surface area contributed by atoms with E-state index in [0.29, 0.717) is 62.2 Å². The van der Waals surface area contributed by atoms with Crippen LogP contribution < -0.4 is 0 Å². The number of para-hydroxylation sites is 4. The van der Waals surface area contributed by atoms with Crippen molar-refractivity contribution in [3.63, 3.8) is 0 Å². The zero-order valence-corrected chi connectivity index (χ0v) is 47.6. The molecule has 7 heterocycles. The molecule has 0 fully saturated rings. The Morgan fingerprint density at radius 2 is 0.656 bits per heavy atom. The van der Waals surface area contributed by atoms with Crippen LogP contribution in [-0.4, -0.2) is 38.2 Å². The van der Waals surface area contributed by atoms with Crippen LogP contribution in [0, 0.1) is 45.3 Å². The molecule has 0 bridgehead atoms. The molecule has 0 N–H and O–H groups in total. The Balaban J connectivity index is 1.18. The molecule has 0 atom stereocenters. The van der Waals surface area contributed by atoms with Crippen molar-refractivity contribution in [1.82, 2.24) is 38.2 Å². The van der Waals surface area contributed by atoms with Crippen molar-refractivity contribution in [3.05, 3.63) is 277 Å². The number of benzene rings is 10. The van der Waals surface area contributed by atoms with E-state index in [1.54, 1.807) is 6.20 Å². The summed E-state index contributed by atoms with van der Waals surface area (Å²) in [4.78, 5) is 22.3. The Morgan fingerprint density at radius 3 is 1.10 bits per heavy atom. The van der Waals surface area contributed by atoms with Crippen LogP contribution in [-0.2, 0) is 0 Å². The number of nitrogens with zero attached hydrogens (tertiary/aromatic N) is 12. The Bertz CT molecular complexity index is 5750. The monoisotopic (exact) mass is 1150 g/mol. The molecule has 17 aromatic rings. The van der Waals surface area contributed by atoms with Crippen molar-refractivity contribution in [2.45, 2.75) is 0 Å². The van der Waals surface area contributed by atoms with E-state index in [2.05, 4.69) is 134 Å². The molecule has 0 saturated heterocycles. The van der Waals surface area contributed by atoms with Gasteiger partial charge in [0.25, 0.3) is 0 Å². The number of pyridine rings is 2. The molecule has 0 aliphatic carbocycles. The largest absolute Gasteiger partial charge is 0.305 e. The van der Waals surface area contributed by atoms with Gasteiger partial charge in [-0.15, -0.1) is 0 Å². The minimum Gasteiger partial charge on any atom is -0.305 e. The Morgan fingerprint density at radius 1 is 0.289 bits per heavy atom. The van der Waals surface area contributed by atoms with Crippen LogP contribution in [0.3, 0.4) is 0 Å². The van der Waals surface area contributed by atoms with Crippen molar-refractivity contribution in [1.29, 1.82) is 21.0 Å². The second-order valence-corrected chi connectivity index (χ2v) is 22.2. The highest BCUT2D eigenvalue weighted by molar-refractivity contribution is 6.16. The Kier molecular flexibility index (Phi) is 11.5. The average molecular weight is 1150 g/mol. The van der Waals surface area contributed by atoms with E-state index in [4.69, 9.17) is 19.9 Å². The molecule has 414 valence electrons. The van der Waals surface area contributed by atoms with Gasteiger partial charge in [-0.3, -0.25) is 9.13 Å². The van der Waals surface area contributed by atoms with Crippen LogP contribution in [0.4, 0.5) is 0 Å². The highest BCUT2D eigenvalue weighted by atomic mass is 15.2. The van der Waals surface area contributed by atoms with Crippen molar-refractivity contribution in [2.75, 3.05) is 0 Å².